The van der Waals surface area contributed by atoms with Gasteiger partial charge in [0.25, 0.3) is 0 Å². The summed E-state index contributed by atoms with van der Waals surface area (Å²) in [7, 11) is 0. The van der Waals surface area contributed by atoms with Crippen molar-refractivity contribution in [2.45, 2.75) is 85.0 Å². The van der Waals surface area contributed by atoms with Crippen LogP contribution in [-0.4, -0.2) is 5.78 Å². The van der Waals surface area contributed by atoms with Gasteiger partial charge in [0.15, 0.2) is 5.78 Å². The van der Waals surface area contributed by atoms with Crippen molar-refractivity contribution in [3.05, 3.63) is 64.2 Å². The van der Waals surface area contributed by atoms with Gasteiger partial charge in [-0.2, -0.15) is 0 Å². The van der Waals surface area contributed by atoms with Gasteiger partial charge in [0.05, 0.1) is 0 Å². The molecular formula is C29H36O. The van der Waals surface area contributed by atoms with E-state index >= 15 is 0 Å². The lowest BCUT2D eigenvalue weighted by Gasteiger charge is -2.18. The summed E-state index contributed by atoms with van der Waals surface area (Å²) in [5.41, 5.74) is 10.8. The Morgan fingerprint density at radius 2 is 1.77 bits per heavy atom. The van der Waals surface area contributed by atoms with E-state index in [9.17, 15) is 4.79 Å². The molecule has 0 amide bonds. The summed E-state index contributed by atoms with van der Waals surface area (Å²) in [4.78, 5) is 12.4. The molecule has 0 aliphatic heterocycles. The number of carbonyl (C=O) groups is 1. The first-order valence-corrected chi connectivity index (χ1v) is 12.1. The first-order chi connectivity index (χ1) is 14.6. The lowest BCUT2D eigenvalue weighted by Crippen LogP contribution is -2.03. The normalized spacial score (nSPS) is 17.4. The van der Waals surface area contributed by atoms with Crippen LogP contribution in [0.2, 0.25) is 0 Å². The Bertz CT molecular complexity index is 974. The van der Waals surface area contributed by atoms with Crippen LogP contribution in [0.1, 0.15) is 111 Å². The van der Waals surface area contributed by atoms with Crippen molar-refractivity contribution < 1.29 is 4.79 Å². The van der Waals surface area contributed by atoms with Crippen LogP contribution < -0.4 is 0 Å². The number of rotatable bonds is 8. The lowest BCUT2D eigenvalue weighted by molar-refractivity contribution is 0.0994. The molecule has 1 nitrogen and oxygen atoms in total. The zero-order valence-electron chi connectivity index (χ0n) is 19.2. The van der Waals surface area contributed by atoms with Gasteiger partial charge in [-0.25, -0.2) is 0 Å². The molecule has 1 atom stereocenters. The zero-order valence-corrected chi connectivity index (χ0v) is 19.2. The molecule has 2 aliphatic rings. The Labute approximate surface area is 182 Å². The third-order valence-electron chi connectivity index (χ3n) is 7.54. The maximum Gasteiger partial charge on any atom is 0.163 e. The van der Waals surface area contributed by atoms with Gasteiger partial charge in [-0.15, -0.1) is 0 Å². The topological polar surface area (TPSA) is 17.1 Å². The van der Waals surface area contributed by atoms with E-state index in [0.29, 0.717) is 18.1 Å². The molecule has 0 N–H and O–H groups in total. The smallest absolute Gasteiger partial charge is 0.163 e. The average Bonchev–Trinajstić information content (AvgIpc) is 3.30. The summed E-state index contributed by atoms with van der Waals surface area (Å²) in [6.07, 6.45) is 11.1. The number of hydrogen-bond acceptors (Lipinski definition) is 1. The Balaban J connectivity index is 1.83. The van der Waals surface area contributed by atoms with Crippen LogP contribution >= 0.6 is 0 Å². The van der Waals surface area contributed by atoms with Crippen molar-refractivity contribution in [3.63, 3.8) is 0 Å². The molecule has 1 heteroatoms. The lowest BCUT2D eigenvalue weighted by atomic mass is 9.86. The molecule has 2 aromatic carbocycles. The quantitative estimate of drug-likeness (QED) is 0.435. The molecule has 0 saturated carbocycles. The first-order valence-electron chi connectivity index (χ1n) is 12.1. The summed E-state index contributed by atoms with van der Waals surface area (Å²) in [5.74, 6) is 1.61. The molecule has 0 aromatic heterocycles. The molecule has 4 rings (SSSR count). The fourth-order valence-electron chi connectivity index (χ4n) is 5.74. The van der Waals surface area contributed by atoms with Crippen molar-refractivity contribution in [1.29, 1.82) is 0 Å². The van der Waals surface area contributed by atoms with Crippen LogP contribution in [-0.2, 0) is 6.42 Å². The van der Waals surface area contributed by atoms with E-state index in [1.54, 1.807) is 0 Å². The molecule has 0 spiro atoms. The number of carbonyl (C=O) groups excluding carboxylic acids is 1. The van der Waals surface area contributed by atoms with E-state index in [4.69, 9.17) is 0 Å². The van der Waals surface area contributed by atoms with Crippen molar-refractivity contribution in [2.24, 2.45) is 5.92 Å². The van der Waals surface area contributed by atoms with Crippen molar-refractivity contribution in [3.8, 4) is 11.1 Å². The van der Waals surface area contributed by atoms with Gasteiger partial charge in [-0.1, -0.05) is 70.9 Å². The summed E-state index contributed by atoms with van der Waals surface area (Å²) in [5, 5.41) is 0. The molecule has 2 aliphatic carbocycles. The van der Waals surface area contributed by atoms with E-state index in [1.165, 1.54) is 64.6 Å². The predicted molar refractivity (Wildman–Crippen MR) is 128 cm³/mol. The molecule has 0 heterocycles. The molecule has 0 radical (unpaired) electrons. The van der Waals surface area contributed by atoms with Crippen molar-refractivity contribution >= 4 is 11.4 Å². The van der Waals surface area contributed by atoms with Crippen LogP contribution in [0.25, 0.3) is 16.7 Å². The molecule has 0 saturated heterocycles. The molecule has 158 valence electrons. The van der Waals surface area contributed by atoms with E-state index in [0.717, 1.165) is 30.7 Å². The van der Waals surface area contributed by atoms with E-state index in [1.807, 2.05) is 0 Å². The number of allylic oxidation sites excluding steroid dienone is 2. The average molecular weight is 401 g/mol. The van der Waals surface area contributed by atoms with Gasteiger partial charge in [-0.05, 0) is 83.0 Å². The van der Waals surface area contributed by atoms with Crippen LogP contribution in [0.3, 0.4) is 0 Å². The third kappa shape index (κ3) is 3.57. The summed E-state index contributed by atoms with van der Waals surface area (Å²) >= 11 is 0. The van der Waals surface area contributed by atoms with Gasteiger partial charge in [0, 0.05) is 17.9 Å². The SMILES string of the molecule is CC/C=C(\CC)c1ccc2c(c1)-c1c(ccc3c1CCC3=O)C2CCC(CC)CC. The third-order valence-corrected chi connectivity index (χ3v) is 7.54. The second-order valence-electron chi connectivity index (χ2n) is 9.08. The van der Waals surface area contributed by atoms with Crippen LogP contribution in [0, 0.1) is 5.92 Å². The monoisotopic (exact) mass is 400 g/mol. The maximum atomic E-state index is 12.4. The zero-order chi connectivity index (χ0) is 21.3. The predicted octanol–water partition coefficient (Wildman–Crippen LogP) is 8.35. The number of fused-ring (bicyclic) bond motifs is 5. The van der Waals surface area contributed by atoms with Gasteiger partial charge in [0.2, 0.25) is 0 Å². The van der Waals surface area contributed by atoms with Crippen LogP contribution in [0.15, 0.2) is 36.4 Å². The Morgan fingerprint density at radius 1 is 1.00 bits per heavy atom. The Hall–Kier alpha value is -2.15. The van der Waals surface area contributed by atoms with Gasteiger partial charge in [-0.3, -0.25) is 4.79 Å². The largest absolute Gasteiger partial charge is 0.294 e. The molecule has 1 unspecified atom stereocenters. The van der Waals surface area contributed by atoms with E-state index in [2.05, 4.69) is 64.1 Å². The Kier molecular flexibility index (Phi) is 6.27. The minimum Gasteiger partial charge on any atom is -0.294 e. The van der Waals surface area contributed by atoms with Crippen LogP contribution in [0.5, 0.6) is 0 Å². The summed E-state index contributed by atoms with van der Waals surface area (Å²) in [6.45, 7) is 9.10. The highest BCUT2D eigenvalue weighted by atomic mass is 16.1. The van der Waals surface area contributed by atoms with Gasteiger partial charge < -0.3 is 0 Å². The van der Waals surface area contributed by atoms with Crippen LogP contribution in [0.4, 0.5) is 0 Å². The highest BCUT2D eigenvalue weighted by Gasteiger charge is 2.34. The number of ketones is 1. The second kappa shape index (κ2) is 8.92. The molecule has 30 heavy (non-hydrogen) atoms. The molecule has 0 bridgehead atoms. The Morgan fingerprint density at radius 3 is 2.47 bits per heavy atom. The maximum absolute atomic E-state index is 12.4. The highest BCUT2D eigenvalue weighted by molar-refractivity contribution is 6.03. The summed E-state index contributed by atoms with van der Waals surface area (Å²) < 4.78 is 0. The standard InChI is InChI=1S/C29H36O/c1-5-9-20(8-4)21-11-13-23-22(12-10-19(6-2)7-3)25-15-14-24-26(16-17-28(24)30)29(25)27(23)18-21/h9,11,13-15,18-19,22H,5-8,10,12,16-17H2,1-4H3/b20-9+. The number of Topliss-reactive ketones (excluding diaryl/α,β-unsaturated/α-hetero) is 1. The van der Waals surface area contributed by atoms with Gasteiger partial charge in [0.1, 0.15) is 0 Å². The molecule has 2 aromatic rings. The fourth-order valence-corrected chi connectivity index (χ4v) is 5.74. The van der Waals surface area contributed by atoms with E-state index in [-0.39, 0.29) is 0 Å². The fraction of sp³-hybridized carbons (Fsp3) is 0.483. The molecule has 0 fully saturated rings. The minimum atomic E-state index is 0.325. The van der Waals surface area contributed by atoms with Crippen molar-refractivity contribution in [2.75, 3.05) is 0 Å². The van der Waals surface area contributed by atoms with Crippen molar-refractivity contribution in [1.82, 2.24) is 0 Å². The minimum absolute atomic E-state index is 0.325. The molecular weight excluding hydrogens is 364 g/mol. The highest BCUT2D eigenvalue weighted by Crippen LogP contribution is 2.51. The van der Waals surface area contributed by atoms with Gasteiger partial charge >= 0.3 is 0 Å². The number of hydrogen-bond donors (Lipinski definition) is 0. The first kappa shape index (κ1) is 21.1. The second-order valence-corrected chi connectivity index (χ2v) is 9.08. The van der Waals surface area contributed by atoms with E-state index < -0.39 is 0 Å². The number of benzene rings is 2. The summed E-state index contributed by atoms with van der Waals surface area (Å²) in [6, 6.07) is 11.6.